The van der Waals surface area contributed by atoms with Crippen molar-refractivity contribution in [2.24, 2.45) is 0 Å². The molecule has 1 heterocycles. The van der Waals surface area contributed by atoms with Crippen LogP contribution < -0.4 is 0 Å². The molecule has 6 heteroatoms. The fourth-order valence-electron chi connectivity index (χ4n) is 1.92. The number of nitrogens with zero attached hydrogens (tertiary/aromatic N) is 1. The quantitative estimate of drug-likeness (QED) is 0.905. The molecule has 98 valence electrons. The number of halogens is 2. The third-order valence-electron chi connectivity index (χ3n) is 2.92. The summed E-state index contributed by atoms with van der Waals surface area (Å²) in [6, 6.07) is 4.47. The summed E-state index contributed by atoms with van der Waals surface area (Å²) in [6.45, 7) is 0. The van der Waals surface area contributed by atoms with Crippen LogP contribution in [0.4, 0.5) is 4.39 Å². The molecule has 1 fully saturated rings. The highest BCUT2D eigenvalue weighted by atomic mass is 79.9. The number of rotatable bonds is 3. The Bertz CT molecular complexity index is 646. The number of carbonyl (C=O) groups is 1. The average Bonchev–Trinajstić information content (AvgIpc) is 3.06. The lowest BCUT2D eigenvalue weighted by atomic mass is 10.2. The first-order chi connectivity index (χ1) is 9.04. The number of carboxylic acid groups (broad SMARTS) is 1. The molecule has 1 saturated carbocycles. The number of hydrogen-bond acceptors (Lipinski definition) is 3. The third kappa shape index (κ3) is 2.55. The number of aromatic nitrogens is 1. The van der Waals surface area contributed by atoms with E-state index in [-0.39, 0.29) is 16.6 Å². The van der Waals surface area contributed by atoms with Crippen LogP contribution in [-0.2, 0) is 0 Å². The maximum absolute atomic E-state index is 13.4. The summed E-state index contributed by atoms with van der Waals surface area (Å²) < 4.78 is 14.0. The molecule has 0 radical (unpaired) electrons. The fraction of sp³-hybridized carbons (Fsp3) is 0.231. The van der Waals surface area contributed by atoms with Gasteiger partial charge in [0.25, 0.3) is 0 Å². The molecule has 1 aromatic carbocycles. The Hall–Kier alpha value is -1.27. The Kier molecular flexibility index (Phi) is 3.14. The summed E-state index contributed by atoms with van der Waals surface area (Å²) >= 11 is 4.33. The van der Waals surface area contributed by atoms with Crippen molar-refractivity contribution in [1.82, 2.24) is 4.98 Å². The monoisotopic (exact) mass is 341 g/mol. The molecule has 0 saturated heterocycles. The Balaban J connectivity index is 2.09. The molecule has 1 N–H and O–H groups in total. The van der Waals surface area contributed by atoms with Crippen LogP contribution in [0.25, 0.3) is 10.6 Å². The van der Waals surface area contributed by atoms with E-state index in [1.54, 1.807) is 6.07 Å². The Morgan fingerprint density at radius 2 is 2.16 bits per heavy atom. The Morgan fingerprint density at radius 1 is 1.42 bits per heavy atom. The lowest BCUT2D eigenvalue weighted by molar-refractivity contribution is 0.0700. The minimum Gasteiger partial charge on any atom is -0.477 e. The van der Waals surface area contributed by atoms with Crippen LogP contribution in [0.3, 0.4) is 0 Å². The largest absolute Gasteiger partial charge is 0.477 e. The van der Waals surface area contributed by atoms with Crippen molar-refractivity contribution in [1.29, 1.82) is 0 Å². The summed E-state index contributed by atoms with van der Waals surface area (Å²) in [5, 5.41) is 9.75. The normalized spacial score (nSPS) is 14.6. The van der Waals surface area contributed by atoms with Gasteiger partial charge in [-0.3, -0.25) is 0 Å². The van der Waals surface area contributed by atoms with Crippen LogP contribution >= 0.6 is 27.3 Å². The molecular formula is C13H9BrFNO2S. The van der Waals surface area contributed by atoms with Crippen molar-refractivity contribution in [2.75, 3.05) is 0 Å². The van der Waals surface area contributed by atoms with E-state index in [0.717, 1.165) is 24.2 Å². The highest BCUT2D eigenvalue weighted by Crippen LogP contribution is 2.44. The number of thiazole rings is 1. The van der Waals surface area contributed by atoms with E-state index in [1.807, 2.05) is 0 Å². The van der Waals surface area contributed by atoms with Crippen LogP contribution in [0.1, 0.15) is 34.1 Å². The molecular weight excluding hydrogens is 333 g/mol. The van der Waals surface area contributed by atoms with Gasteiger partial charge in [-0.05, 0) is 31.0 Å². The van der Waals surface area contributed by atoms with Crippen molar-refractivity contribution < 1.29 is 14.3 Å². The molecule has 0 unspecified atom stereocenters. The van der Waals surface area contributed by atoms with Crippen LogP contribution in [-0.4, -0.2) is 16.1 Å². The molecule has 19 heavy (non-hydrogen) atoms. The van der Waals surface area contributed by atoms with Gasteiger partial charge in [0.1, 0.15) is 15.7 Å². The molecule has 0 atom stereocenters. The van der Waals surface area contributed by atoms with Gasteiger partial charge in [0.05, 0.1) is 5.69 Å². The van der Waals surface area contributed by atoms with Crippen LogP contribution in [0, 0.1) is 5.82 Å². The minimum atomic E-state index is -0.957. The molecule has 1 aliphatic rings. The Labute approximate surface area is 121 Å². The van der Waals surface area contributed by atoms with Crippen LogP contribution in [0.2, 0.25) is 0 Å². The zero-order valence-electron chi connectivity index (χ0n) is 9.69. The number of carboxylic acids is 1. The zero-order chi connectivity index (χ0) is 13.6. The van der Waals surface area contributed by atoms with Crippen molar-refractivity contribution in [3.8, 4) is 10.6 Å². The van der Waals surface area contributed by atoms with Gasteiger partial charge in [-0.1, -0.05) is 15.9 Å². The lowest BCUT2D eigenvalue weighted by Gasteiger charge is -1.98. The first-order valence-electron chi connectivity index (χ1n) is 5.75. The molecule has 1 aliphatic carbocycles. The fourth-order valence-corrected chi connectivity index (χ4v) is 3.36. The van der Waals surface area contributed by atoms with Crippen molar-refractivity contribution >= 4 is 33.2 Å². The van der Waals surface area contributed by atoms with Crippen molar-refractivity contribution in [2.45, 2.75) is 18.8 Å². The average molecular weight is 342 g/mol. The van der Waals surface area contributed by atoms with E-state index in [1.165, 1.54) is 12.1 Å². The highest BCUT2D eigenvalue weighted by molar-refractivity contribution is 9.10. The molecule has 0 spiro atoms. The van der Waals surface area contributed by atoms with E-state index in [4.69, 9.17) is 0 Å². The second-order valence-electron chi connectivity index (χ2n) is 4.47. The van der Waals surface area contributed by atoms with Gasteiger partial charge >= 0.3 is 5.97 Å². The molecule has 0 aliphatic heterocycles. The lowest BCUT2D eigenvalue weighted by Crippen LogP contribution is -1.97. The summed E-state index contributed by atoms with van der Waals surface area (Å²) in [7, 11) is 0. The molecule has 0 amide bonds. The number of aromatic carboxylic acids is 1. The van der Waals surface area contributed by atoms with Crippen molar-refractivity contribution in [3.63, 3.8) is 0 Å². The summed E-state index contributed by atoms with van der Waals surface area (Å²) in [4.78, 5) is 15.9. The maximum atomic E-state index is 13.4. The Morgan fingerprint density at radius 3 is 2.74 bits per heavy atom. The van der Waals surface area contributed by atoms with Gasteiger partial charge in [-0.15, -0.1) is 11.3 Å². The summed E-state index contributed by atoms with van der Waals surface area (Å²) in [6.07, 6.45) is 1.96. The number of hydrogen-bond donors (Lipinski definition) is 1. The SMILES string of the molecule is O=C(O)c1sc(-c2cc(F)cc(Br)c2)nc1C1CC1. The number of benzene rings is 1. The zero-order valence-corrected chi connectivity index (χ0v) is 12.1. The predicted molar refractivity (Wildman–Crippen MR) is 74.1 cm³/mol. The van der Waals surface area contributed by atoms with E-state index in [2.05, 4.69) is 20.9 Å². The van der Waals surface area contributed by atoms with E-state index in [0.29, 0.717) is 20.7 Å². The van der Waals surface area contributed by atoms with Gasteiger partial charge in [0.15, 0.2) is 0 Å². The van der Waals surface area contributed by atoms with E-state index >= 15 is 0 Å². The maximum Gasteiger partial charge on any atom is 0.347 e. The molecule has 2 aromatic rings. The molecule has 3 nitrogen and oxygen atoms in total. The van der Waals surface area contributed by atoms with Gasteiger partial charge in [0.2, 0.25) is 0 Å². The third-order valence-corrected chi connectivity index (χ3v) is 4.49. The predicted octanol–water partition coefficient (Wildman–Crippen LogP) is 4.29. The van der Waals surface area contributed by atoms with Gasteiger partial charge in [-0.25, -0.2) is 14.2 Å². The van der Waals surface area contributed by atoms with Gasteiger partial charge in [0, 0.05) is 16.0 Å². The first kappa shape index (κ1) is 12.7. The van der Waals surface area contributed by atoms with E-state index < -0.39 is 5.97 Å². The van der Waals surface area contributed by atoms with Gasteiger partial charge in [-0.2, -0.15) is 0 Å². The van der Waals surface area contributed by atoms with Gasteiger partial charge < -0.3 is 5.11 Å². The smallest absolute Gasteiger partial charge is 0.347 e. The summed E-state index contributed by atoms with van der Waals surface area (Å²) in [5.74, 6) is -1.07. The van der Waals surface area contributed by atoms with Crippen LogP contribution in [0.15, 0.2) is 22.7 Å². The van der Waals surface area contributed by atoms with Crippen molar-refractivity contribution in [3.05, 3.63) is 39.1 Å². The van der Waals surface area contributed by atoms with E-state index in [9.17, 15) is 14.3 Å². The highest BCUT2D eigenvalue weighted by Gasteiger charge is 2.32. The first-order valence-corrected chi connectivity index (χ1v) is 7.36. The second-order valence-corrected chi connectivity index (χ2v) is 6.39. The summed E-state index contributed by atoms with van der Waals surface area (Å²) in [5.41, 5.74) is 1.25. The standard InChI is InChI=1S/C13H9BrFNO2S/c14-8-3-7(4-9(15)5-8)12-16-10(6-1-2-6)11(19-12)13(17)18/h3-6H,1-2H2,(H,17,18). The second kappa shape index (κ2) is 4.68. The molecule has 0 bridgehead atoms. The molecule has 1 aromatic heterocycles. The van der Waals surface area contributed by atoms with Crippen LogP contribution in [0.5, 0.6) is 0 Å². The topological polar surface area (TPSA) is 50.2 Å². The molecule has 3 rings (SSSR count). The minimum absolute atomic E-state index is 0.257.